The van der Waals surface area contributed by atoms with Crippen LogP contribution in [0.3, 0.4) is 0 Å². The number of Topliss-reactive ketones (excluding diaryl/α,β-unsaturated/α-hetero) is 2. The number of ketones is 2. The normalized spacial score (nSPS) is 14.0. The molecule has 1 aliphatic rings. The smallest absolute Gasteiger partial charge is 0.174 e. The van der Waals surface area contributed by atoms with Crippen LogP contribution in [0, 0.1) is 5.92 Å². The van der Waals surface area contributed by atoms with Crippen molar-refractivity contribution in [2.24, 2.45) is 5.92 Å². The van der Waals surface area contributed by atoms with Crippen LogP contribution < -0.4 is 4.74 Å². The van der Waals surface area contributed by atoms with Gasteiger partial charge in [0.2, 0.25) is 0 Å². The first-order chi connectivity index (χ1) is 10.1. The van der Waals surface area contributed by atoms with Crippen LogP contribution in [-0.4, -0.2) is 31.1 Å². The Morgan fingerprint density at radius 3 is 2.71 bits per heavy atom. The molecule has 3 nitrogen and oxygen atoms in total. The van der Waals surface area contributed by atoms with E-state index in [1.807, 2.05) is 6.26 Å². The van der Waals surface area contributed by atoms with Crippen LogP contribution in [0.4, 0.5) is 4.39 Å². The second-order valence-corrected chi connectivity index (χ2v) is 6.51. The van der Waals surface area contributed by atoms with Crippen LogP contribution in [0.25, 0.3) is 0 Å². The standard InChI is InChI=1S/C15H16BrFO3S/c1-21-15-11(16)5-4-10(14(15)20-7-6-17)13(19)8-12(18)9-2-3-9/h4-5,9H,2-3,6-8H2,1H3. The summed E-state index contributed by atoms with van der Waals surface area (Å²) in [5, 5.41) is 0. The molecule has 0 aliphatic heterocycles. The highest BCUT2D eigenvalue weighted by atomic mass is 79.9. The second kappa shape index (κ2) is 7.40. The second-order valence-electron chi connectivity index (χ2n) is 4.84. The molecule has 0 spiro atoms. The molecule has 21 heavy (non-hydrogen) atoms. The van der Waals surface area contributed by atoms with Gasteiger partial charge in [0, 0.05) is 10.4 Å². The first-order valence-corrected chi connectivity index (χ1v) is 8.71. The molecule has 1 fully saturated rings. The SMILES string of the molecule is CSc1c(Br)ccc(C(=O)CC(=O)C2CC2)c1OCCF. The lowest BCUT2D eigenvalue weighted by atomic mass is 10.0. The zero-order valence-corrected chi connectivity index (χ0v) is 14.1. The molecule has 0 aromatic heterocycles. The lowest BCUT2D eigenvalue weighted by Crippen LogP contribution is -2.12. The molecule has 0 saturated heterocycles. The average Bonchev–Trinajstić information content (AvgIpc) is 3.29. The Kier molecular flexibility index (Phi) is 5.81. The third-order valence-corrected chi connectivity index (χ3v) is 5.00. The molecule has 0 radical (unpaired) electrons. The van der Waals surface area contributed by atoms with E-state index in [0.717, 1.165) is 22.2 Å². The number of alkyl halides is 1. The first kappa shape index (κ1) is 16.5. The Morgan fingerprint density at radius 1 is 1.43 bits per heavy atom. The van der Waals surface area contributed by atoms with Gasteiger partial charge in [0.1, 0.15) is 24.8 Å². The summed E-state index contributed by atoms with van der Waals surface area (Å²) >= 11 is 4.80. The van der Waals surface area contributed by atoms with Crippen molar-refractivity contribution in [1.82, 2.24) is 0 Å². The van der Waals surface area contributed by atoms with Gasteiger partial charge in [-0.25, -0.2) is 4.39 Å². The lowest BCUT2D eigenvalue weighted by Gasteiger charge is -2.14. The summed E-state index contributed by atoms with van der Waals surface area (Å²) in [6.07, 6.45) is 3.51. The highest BCUT2D eigenvalue weighted by molar-refractivity contribution is 9.10. The van der Waals surface area contributed by atoms with Gasteiger partial charge in [-0.1, -0.05) is 0 Å². The molecule has 6 heteroatoms. The zero-order chi connectivity index (χ0) is 15.4. The van der Waals surface area contributed by atoms with Gasteiger partial charge >= 0.3 is 0 Å². The van der Waals surface area contributed by atoms with Crippen molar-refractivity contribution in [2.75, 3.05) is 19.5 Å². The quantitative estimate of drug-likeness (QED) is 0.390. The third-order valence-electron chi connectivity index (χ3n) is 3.26. The predicted octanol–water partition coefficient (Wildman–Crippen LogP) is 4.07. The minimum atomic E-state index is -0.630. The predicted molar refractivity (Wildman–Crippen MR) is 84.1 cm³/mol. The Labute approximate surface area is 135 Å². The molecule has 0 amide bonds. The molecule has 0 N–H and O–H groups in total. The fourth-order valence-corrected chi connectivity index (χ4v) is 3.45. The van der Waals surface area contributed by atoms with Crippen molar-refractivity contribution >= 4 is 39.3 Å². The van der Waals surface area contributed by atoms with E-state index in [1.165, 1.54) is 11.8 Å². The van der Waals surface area contributed by atoms with Crippen LogP contribution in [0.1, 0.15) is 29.6 Å². The summed E-state index contributed by atoms with van der Waals surface area (Å²) in [4.78, 5) is 24.9. The minimum absolute atomic E-state index is 0.00920. The van der Waals surface area contributed by atoms with E-state index in [1.54, 1.807) is 12.1 Å². The van der Waals surface area contributed by atoms with E-state index in [9.17, 15) is 14.0 Å². The van der Waals surface area contributed by atoms with Gasteiger partial charge in [-0.05, 0) is 47.2 Å². The van der Waals surface area contributed by atoms with Crippen molar-refractivity contribution in [1.29, 1.82) is 0 Å². The summed E-state index contributed by atoms with van der Waals surface area (Å²) in [5.74, 6) is 0.149. The van der Waals surface area contributed by atoms with Crippen LogP contribution in [0.15, 0.2) is 21.5 Å². The van der Waals surface area contributed by atoms with E-state index < -0.39 is 6.67 Å². The van der Waals surface area contributed by atoms with Gasteiger partial charge < -0.3 is 4.74 Å². The fourth-order valence-electron chi connectivity index (χ4n) is 2.04. The van der Waals surface area contributed by atoms with Gasteiger partial charge in [-0.15, -0.1) is 11.8 Å². The summed E-state index contributed by atoms with van der Waals surface area (Å²) < 4.78 is 18.6. The number of ether oxygens (including phenoxy) is 1. The van der Waals surface area contributed by atoms with Gasteiger partial charge in [0.15, 0.2) is 5.78 Å². The molecule has 0 atom stereocenters. The number of benzene rings is 1. The minimum Gasteiger partial charge on any atom is -0.489 e. The summed E-state index contributed by atoms with van der Waals surface area (Å²) in [5.41, 5.74) is 0.352. The van der Waals surface area contributed by atoms with E-state index in [-0.39, 0.29) is 30.5 Å². The number of hydrogen-bond donors (Lipinski definition) is 0. The highest BCUT2D eigenvalue weighted by Crippen LogP contribution is 2.39. The third kappa shape index (κ3) is 4.07. The van der Waals surface area contributed by atoms with Crippen molar-refractivity contribution in [2.45, 2.75) is 24.2 Å². The van der Waals surface area contributed by atoms with Gasteiger partial charge in [0.25, 0.3) is 0 Å². The van der Waals surface area contributed by atoms with Crippen molar-refractivity contribution < 1.29 is 18.7 Å². The van der Waals surface area contributed by atoms with Crippen molar-refractivity contribution in [3.63, 3.8) is 0 Å². The largest absolute Gasteiger partial charge is 0.489 e. The maximum atomic E-state index is 12.4. The molecule has 114 valence electrons. The Morgan fingerprint density at radius 2 is 2.14 bits per heavy atom. The maximum Gasteiger partial charge on any atom is 0.174 e. The average molecular weight is 375 g/mol. The van der Waals surface area contributed by atoms with Gasteiger partial charge in [0.05, 0.1) is 16.9 Å². The number of thioether (sulfide) groups is 1. The van der Waals surface area contributed by atoms with Crippen molar-refractivity contribution in [3.8, 4) is 5.75 Å². The summed E-state index contributed by atoms with van der Waals surface area (Å²) in [6.45, 7) is -0.740. The molecule has 1 aromatic rings. The van der Waals surface area contributed by atoms with Gasteiger partial charge in [-0.2, -0.15) is 0 Å². The van der Waals surface area contributed by atoms with Crippen LogP contribution in [0.2, 0.25) is 0 Å². The summed E-state index contributed by atoms with van der Waals surface area (Å²) in [7, 11) is 0. The monoisotopic (exact) mass is 374 g/mol. The lowest BCUT2D eigenvalue weighted by molar-refractivity contribution is -0.119. The number of carbonyl (C=O) groups is 2. The van der Waals surface area contributed by atoms with Crippen LogP contribution in [0.5, 0.6) is 5.75 Å². The topological polar surface area (TPSA) is 43.4 Å². The maximum absolute atomic E-state index is 12.4. The Hall–Kier alpha value is -0.880. The molecule has 1 saturated carbocycles. The number of halogens is 2. The molecule has 2 rings (SSSR count). The highest BCUT2D eigenvalue weighted by Gasteiger charge is 2.31. The van der Waals surface area contributed by atoms with Gasteiger partial charge in [-0.3, -0.25) is 9.59 Å². The Bertz CT molecular complexity index is 558. The Balaban J connectivity index is 2.27. The number of rotatable bonds is 8. The molecule has 0 unspecified atom stereocenters. The molecule has 0 bridgehead atoms. The molecule has 1 aliphatic carbocycles. The first-order valence-electron chi connectivity index (χ1n) is 6.69. The van der Waals surface area contributed by atoms with Crippen molar-refractivity contribution in [3.05, 3.63) is 22.2 Å². The summed E-state index contributed by atoms with van der Waals surface area (Å²) in [6, 6.07) is 3.38. The van der Waals surface area contributed by atoms with E-state index in [0.29, 0.717) is 11.3 Å². The zero-order valence-electron chi connectivity index (χ0n) is 11.7. The van der Waals surface area contributed by atoms with E-state index in [2.05, 4.69) is 15.9 Å². The molecular formula is C15H16BrFO3S. The number of carbonyl (C=O) groups excluding carboxylic acids is 2. The van der Waals surface area contributed by atoms with E-state index >= 15 is 0 Å². The number of hydrogen-bond acceptors (Lipinski definition) is 4. The molecule has 0 heterocycles. The fraction of sp³-hybridized carbons (Fsp3) is 0.467. The van der Waals surface area contributed by atoms with E-state index in [4.69, 9.17) is 4.74 Å². The molecule has 1 aromatic carbocycles. The van der Waals surface area contributed by atoms with Crippen LogP contribution in [-0.2, 0) is 4.79 Å². The molecular weight excluding hydrogens is 359 g/mol. The van der Waals surface area contributed by atoms with Crippen LogP contribution >= 0.6 is 27.7 Å².